The Kier molecular flexibility index (Phi) is 3.25. The standard InChI is InChI=1S/C15H13N3O4/c1-18-7-10(14(21)17-15(18)22)13(20)16-11-6-12(19)9-5-3-2-4-8(9)11/h2-5,7,11H,6H2,1H3,(H,16,20)(H,17,21,22). The third kappa shape index (κ3) is 2.26. The number of hydrogen-bond acceptors (Lipinski definition) is 4. The van der Waals surface area contributed by atoms with Crippen LogP contribution < -0.4 is 16.6 Å². The molecule has 1 aliphatic carbocycles. The molecule has 22 heavy (non-hydrogen) atoms. The Hall–Kier alpha value is -2.96. The number of nitrogens with one attached hydrogen (secondary N) is 2. The van der Waals surface area contributed by atoms with Gasteiger partial charge in [0.1, 0.15) is 5.56 Å². The Morgan fingerprint density at radius 1 is 1.27 bits per heavy atom. The summed E-state index contributed by atoms with van der Waals surface area (Å²) in [5.41, 5.74) is -0.190. The number of aromatic nitrogens is 2. The highest BCUT2D eigenvalue weighted by Gasteiger charge is 2.30. The zero-order valence-electron chi connectivity index (χ0n) is 11.8. The number of aryl methyl sites for hydroxylation is 1. The molecule has 1 aliphatic rings. The number of ketones is 1. The second kappa shape index (κ2) is 5.10. The molecule has 3 rings (SSSR count). The van der Waals surface area contributed by atoms with E-state index in [1.165, 1.54) is 13.2 Å². The van der Waals surface area contributed by atoms with E-state index in [-0.39, 0.29) is 17.8 Å². The van der Waals surface area contributed by atoms with E-state index in [2.05, 4.69) is 10.3 Å². The number of hydrogen-bond donors (Lipinski definition) is 2. The van der Waals surface area contributed by atoms with Crippen LogP contribution in [0.15, 0.2) is 40.1 Å². The minimum Gasteiger partial charge on any atom is -0.345 e. The molecule has 1 atom stereocenters. The van der Waals surface area contributed by atoms with Gasteiger partial charge in [-0.3, -0.25) is 19.4 Å². The summed E-state index contributed by atoms with van der Waals surface area (Å²) >= 11 is 0. The first-order chi connectivity index (χ1) is 10.5. The van der Waals surface area contributed by atoms with Gasteiger partial charge in [0.25, 0.3) is 11.5 Å². The van der Waals surface area contributed by atoms with Crippen molar-refractivity contribution in [3.63, 3.8) is 0 Å². The quantitative estimate of drug-likeness (QED) is 0.823. The van der Waals surface area contributed by atoms with Crippen LogP contribution >= 0.6 is 0 Å². The molecule has 7 heteroatoms. The molecule has 1 unspecified atom stereocenters. The molecule has 1 aromatic heterocycles. The third-order valence-electron chi connectivity index (χ3n) is 3.68. The number of Topliss-reactive ketones (excluding diaryl/α,β-unsaturated/α-hetero) is 1. The average Bonchev–Trinajstić information content (AvgIpc) is 2.80. The first-order valence-electron chi connectivity index (χ1n) is 6.70. The van der Waals surface area contributed by atoms with Crippen molar-refractivity contribution >= 4 is 11.7 Å². The van der Waals surface area contributed by atoms with Crippen LogP contribution in [0, 0.1) is 0 Å². The number of carbonyl (C=O) groups is 2. The van der Waals surface area contributed by atoms with E-state index in [9.17, 15) is 19.2 Å². The third-order valence-corrected chi connectivity index (χ3v) is 3.68. The topological polar surface area (TPSA) is 101 Å². The van der Waals surface area contributed by atoms with Crippen molar-refractivity contribution < 1.29 is 9.59 Å². The number of rotatable bonds is 2. The summed E-state index contributed by atoms with van der Waals surface area (Å²) in [5, 5.41) is 2.67. The number of benzene rings is 1. The van der Waals surface area contributed by atoms with Gasteiger partial charge in [-0.25, -0.2) is 4.79 Å². The minimum absolute atomic E-state index is 0.0460. The molecule has 1 aromatic carbocycles. The molecule has 0 radical (unpaired) electrons. The van der Waals surface area contributed by atoms with E-state index >= 15 is 0 Å². The molecule has 0 bridgehead atoms. The highest BCUT2D eigenvalue weighted by Crippen LogP contribution is 2.30. The molecular formula is C15H13N3O4. The lowest BCUT2D eigenvalue weighted by Crippen LogP contribution is -2.37. The van der Waals surface area contributed by atoms with E-state index in [1.54, 1.807) is 24.3 Å². The zero-order valence-corrected chi connectivity index (χ0v) is 11.8. The summed E-state index contributed by atoms with van der Waals surface area (Å²) in [6, 6.07) is 6.57. The minimum atomic E-state index is -0.752. The largest absolute Gasteiger partial charge is 0.345 e. The van der Waals surface area contributed by atoms with Crippen LogP contribution in [0.4, 0.5) is 0 Å². The predicted molar refractivity (Wildman–Crippen MR) is 77.9 cm³/mol. The van der Waals surface area contributed by atoms with E-state index < -0.39 is 23.2 Å². The monoisotopic (exact) mass is 299 g/mol. The fraction of sp³-hybridized carbons (Fsp3) is 0.200. The van der Waals surface area contributed by atoms with Crippen LogP contribution in [-0.4, -0.2) is 21.2 Å². The molecule has 112 valence electrons. The average molecular weight is 299 g/mol. The maximum absolute atomic E-state index is 12.2. The Bertz CT molecular complexity index is 894. The molecule has 0 saturated carbocycles. The van der Waals surface area contributed by atoms with Crippen molar-refractivity contribution in [3.05, 3.63) is 68.0 Å². The second-order valence-corrected chi connectivity index (χ2v) is 5.15. The molecule has 2 aromatic rings. The van der Waals surface area contributed by atoms with Gasteiger partial charge >= 0.3 is 5.69 Å². The Labute approximate surface area is 124 Å². The summed E-state index contributed by atoms with van der Waals surface area (Å²) in [6.45, 7) is 0. The van der Waals surface area contributed by atoms with Gasteiger partial charge in [0, 0.05) is 25.2 Å². The van der Waals surface area contributed by atoms with Gasteiger partial charge in [0.15, 0.2) is 5.78 Å². The van der Waals surface area contributed by atoms with Crippen LogP contribution in [0.2, 0.25) is 0 Å². The first-order valence-corrected chi connectivity index (χ1v) is 6.70. The maximum Gasteiger partial charge on any atom is 0.328 e. The van der Waals surface area contributed by atoms with Crippen molar-refractivity contribution in [2.24, 2.45) is 7.05 Å². The van der Waals surface area contributed by atoms with Gasteiger partial charge in [-0.05, 0) is 5.56 Å². The van der Waals surface area contributed by atoms with Crippen molar-refractivity contribution in [3.8, 4) is 0 Å². The van der Waals surface area contributed by atoms with Gasteiger partial charge in [0.05, 0.1) is 6.04 Å². The molecule has 1 heterocycles. The summed E-state index contributed by atoms with van der Waals surface area (Å²) in [7, 11) is 1.43. The number of nitrogens with zero attached hydrogens (tertiary/aromatic N) is 1. The molecule has 2 N–H and O–H groups in total. The number of fused-ring (bicyclic) bond motifs is 1. The highest BCUT2D eigenvalue weighted by atomic mass is 16.2. The molecular weight excluding hydrogens is 286 g/mol. The van der Waals surface area contributed by atoms with Crippen LogP contribution in [0.5, 0.6) is 0 Å². The van der Waals surface area contributed by atoms with Gasteiger partial charge in [-0.2, -0.15) is 0 Å². The maximum atomic E-state index is 12.2. The van der Waals surface area contributed by atoms with Crippen LogP contribution in [0.1, 0.15) is 38.7 Å². The van der Waals surface area contributed by atoms with Gasteiger partial charge < -0.3 is 9.88 Å². The summed E-state index contributed by atoms with van der Waals surface area (Å²) < 4.78 is 1.12. The zero-order chi connectivity index (χ0) is 15.9. The number of carbonyl (C=O) groups excluding carboxylic acids is 2. The normalized spacial score (nSPS) is 16.4. The Morgan fingerprint density at radius 3 is 2.77 bits per heavy atom. The lowest BCUT2D eigenvalue weighted by Gasteiger charge is -2.13. The van der Waals surface area contributed by atoms with E-state index in [0.29, 0.717) is 5.56 Å². The fourth-order valence-corrected chi connectivity index (χ4v) is 2.55. The van der Waals surface area contributed by atoms with Crippen molar-refractivity contribution in [2.45, 2.75) is 12.5 Å². The van der Waals surface area contributed by atoms with E-state index in [0.717, 1.165) is 10.1 Å². The molecule has 1 amide bonds. The Morgan fingerprint density at radius 2 is 2.00 bits per heavy atom. The smallest absolute Gasteiger partial charge is 0.328 e. The fourth-order valence-electron chi connectivity index (χ4n) is 2.55. The molecule has 0 fully saturated rings. The van der Waals surface area contributed by atoms with Crippen molar-refractivity contribution in [1.82, 2.24) is 14.9 Å². The first kappa shape index (κ1) is 14.0. The predicted octanol–water partition coefficient (Wildman–Crippen LogP) is 0.131. The second-order valence-electron chi connectivity index (χ2n) is 5.15. The SMILES string of the molecule is Cn1cc(C(=O)NC2CC(=O)c3ccccc32)c(=O)[nH]c1=O. The lowest BCUT2D eigenvalue weighted by atomic mass is 10.1. The van der Waals surface area contributed by atoms with E-state index in [1.807, 2.05) is 0 Å². The van der Waals surface area contributed by atoms with Crippen LogP contribution in [0.3, 0.4) is 0 Å². The highest BCUT2D eigenvalue weighted by molar-refractivity contribution is 6.02. The van der Waals surface area contributed by atoms with Crippen LogP contribution in [-0.2, 0) is 7.05 Å². The number of H-pyrrole nitrogens is 1. The Balaban J connectivity index is 1.91. The van der Waals surface area contributed by atoms with E-state index in [4.69, 9.17) is 0 Å². The summed E-state index contributed by atoms with van der Waals surface area (Å²) in [5.74, 6) is -0.665. The van der Waals surface area contributed by atoms with Crippen molar-refractivity contribution in [1.29, 1.82) is 0 Å². The lowest BCUT2D eigenvalue weighted by molar-refractivity contribution is 0.0923. The van der Waals surface area contributed by atoms with Crippen LogP contribution in [0.25, 0.3) is 0 Å². The molecule has 0 spiro atoms. The van der Waals surface area contributed by atoms with Gasteiger partial charge in [0.2, 0.25) is 0 Å². The molecule has 0 aliphatic heterocycles. The molecule has 0 saturated heterocycles. The number of amides is 1. The summed E-state index contributed by atoms with van der Waals surface area (Å²) in [6.07, 6.45) is 1.34. The van der Waals surface area contributed by atoms with Gasteiger partial charge in [-0.1, -0.05) is 24.3 Å². The summed E-state index contributed by atoms with van der Waals surface area (Å²) in [4.78, 5) is 49.2. The van der Waals surface area contributed by atoms with Crippen molar-refractivity contribution in [2.75, 3.05) is 0 Å². The molecule has 7 nitrogen and oxygen atoms in total. The number of aromatic amines is 1. The van der Waals surface area contributed by atoms with Gasteiger partial charge in [-0.15, -0.1) is 0 Å².